The van der Waals surface area contributed by atoms with Gasteiger partial charge in [-0.05, 0) is 0 Å². The van der Waals surface area contributed by atoms with Crippen molar-refractivity contribution in [2.24, 2.45) is 0 Å². The quantitative estimate of drug-likeness (QED) is 0.592. The van der Waals surface area contributed by atoms with Crippen LogP contribution >= 0.6 is 0 Å². The molecule has 3 aromatic rings. The summed E-state index contributed by atoms with van der Waals surface area (Å²) in [6.45, 7) is 0. The average Bonchev–Trinajstić information content (AvgIpc) is 2.39. The number of hydrogen-bond acceptors (Lipinski definition) is 0. The molecule has 0 spiro atoms. The second kappa shape index (κ2) is 5.57. The van der Waals surface area contributed by atoms with E-state index in [1.54, 1.807) is 0 Å². The normalized spacial score (nSPS) is 9.88. The Morgan fingerprint density at radius 2 is 1.53 bits per heavy atom. The van der Waals surface area contributed by atoms with Crippen LogP contribution in [0.1, 0.15) is 0 Å². The summed E-state index contributed by atoms with van der Waals surface area (Å²) < 4.78 is 0. The summed E-state index contributed by atoms with van der Waals surface area (Å²) in [5.41, 5.74) is 2.31. The molecule has 3 aromatic carbocycles. The molecule has 1 radical (unpaired) electrons. The Bertz CT molecular complexity index is 609. The molecule has 0 nitrogen and oxygen atoms in total. The molecule has 0 atom stereocenters. The van der Waals surface area contributed by atoms with Crippen LogP contribution in [0.2, 0.25) is 0 Å². The number of rotatable bonds is 1. The van der Waals surface area contributed by atoms with Gasteiger partial charge in [0.15, 0.2) is 0 Å². The van der Waals surface area contributed by atoms with Gasteiger partial charge in [-0.15, -0.1) is 76.5 Å². The monoisotopic (exact) mass is 291 g/mol. The van der Waals surface area contributed by atoms with Crippen LogP contribution in [0.5, 0.6) is 0 Å². The third kappa shape index (κ3) is 2.48. The minimum absolute atomic E-state index is 0. The average molecular weight is 291 g/mol. The van der Waals surface area contributed by atoms with Gasteiger partial charge in [0, 0.05) is 32.7 Å². The van der Waals surface area contributed by atoms with Crippen LogP contribution < -0.4 is 0 Å². The topological polar surface area (TPSA) is 0 Å². The summed E-state index contributed by atoms with van der Waals surface area (Å²) in [5, 5.41) is 2.38. The maximum Gasteiger partial charge on any atom is 0 e. The van der Waals surface area contributed by atoms with Crippen LogP contribution in [0.25, 0.3) is 21.9 Å². The summed E-state index contributed by atoms with van der Waals surface area (Å²) in [4.78, 5) is 0. The van der Waals surface area contributed by atoms with E-state index in [1.165, 1.54) is 10.9 Å². The van der Waals surface area contributed by atoms with E-state index in [2.05, 4.69) is 42.5 Å². The molecule has 0 unspecified atom stereocenters. The molecule has 0 saturated carbocycles. The van der Waals surface area contributed by atoms with Gasteiger partial charge < -0.3 is 0 Å². The summed E-state index contributed by atoms with van der Waals surface area (Å²) in [6, 6.07) is 27.0. The molecule has 0 fully saturated rings. The molecular formula is C16H10Y-2. The van der Waals surface area contributed by atoms with Crippen molar-refractivity contribution in [3.8, 4) is 11.1 Å². The van der Waals surface area contributed by atoms with E-state index in [4.69, 9.17) is 0 Å². The Labute approximate surface area is 127 Å². The molecule has 0 aliphatic heterocycles. The van der Waals surface area contributed by atoms with Crippen LogP contribution in [0, 0.1) is 12.1 Å². The zero-order chi connectivity index (χ0) is 10.8. The van der Waals surface area contributed by atoms with Gasteiger partial charge in [-0.25, -0.2) is 0 Å². The smallest absolute Gasteiger partial charge is 0 e. The number of benzene rings is 3. The Balaban J connectivity index is 0.00000108. The Morgan fingerprint density at radius 3 is 2.35 bits per heavy atom. The van der Waals surface area contributed by atoms with Crippen LogP contribution in [0.15, 0.2) is 60.7 Å². The van der Waals surface area contributed by atoms with Crippen molar-refractivity contribution < 1.29 is 32.7 Å². The zero-order valence-electron chi connectivity index (χ0n) is 9.35. The molecule has 0 saturated heterocycles. The van der Waals surface area contributed by atoms with Crippen molar-refractivity contribution >= 4 is 10.8 Å². The van der Waals surface area contributed by atoms with E-state index in [0.717, 1.165) is 10.9 Å². The Kier molecular flexibility index (Phi) is 4.09. The van der Waals surface area contributed by atoms with E-state index in [1.807, 2.05) is 30.3 Å². The molecule has 0 heterocycles. The van der Waals surface area contributed by atoms with Gasteiger partial charge in [0.2, 0.25) is 0 Å². The maximum absolute atomic E-state index is 3.30. The summed E-state index contributed by atoms with van der Waals surface area (Å²) in [5.74, 6) is 0. The predicted octanol–water partition coefficient (Wildman–Crippen LogP) is 4.10. The summed E-state index contributed by atoms with van der Waals surface area (Å²) in [7, 11) is 0. The molecule has 1 heteroatoms. The Morgan fingerprint density at radius 1 is 0.706 bits per heavy atom. The molecule has 17 heavy (non-hydrogen) atoms. The van der Waals surface area contributed by atoms with Crippen molar-refractivity contribution in [1.82, 2.24) is 0 Å². The van der Waals surface area contributed by atoms with Gasteiger partial charge in [-0.1, -0.05) is 18.2 Å². The fourth-order valence-corrected chi connectivity index (χ4v) is 1.94. The van der Waals surface area contributed by atoms with E-state index in [-0.39, 0.29) is 32.7 Å². The van der Waals surface area contributed by atoms with Gasteiger partial charge >= 0.3 is 0 Å². The largest absolute Gasteiger partial charge is 0.147 e. The first-order valence-electron chi connectivity index (χ1n) is 5.32. The molecule has 0 N–H and O–H groups in total. The zero-order valence-corrected chi connectivity index (χ0v) is 12.2. The van der Waals surface area contributed by atoms with Crippen molar-refractivity contribution in [1.29, 1.82) is 0 Å². The van der Waals surface area contributed by atoms with E-state index < -0.39 is 0 Å². The van der Waals surface area contributed by atoms with Crippen LogP contribution in [-0.4, -0.2) is 0 Å². The molecule has 0 amide bonds. The van der Waals surface area contributed by atoms with Crippen molar-refractivity contribution in [3.63, 3.8) is 0 Å². The summed E-state index contributed by atoms with van der Waals surface area (Å²) in [6.07, 6.45) is 0. The number of fused-ring (bicyclic) bond motifs is 1. The first-order valence-corrected chi connectivity index (χ1v) is 5.32. The third-order valence-electron chi connectivity index (χ3n) is 2.70. The first-order chi connectivity index (χ1) is 7.95. The van der Waals surface area contributed by atoms with Gasteiger partial charge in [0.05, 0.1) is 0 Å². The van der Waals surface area contributed by atoms with Crippen molar-refractivity contribution in [2.75, 3.05) is 0 Å². The minimum atomic E-state index is 0. The number of hydrogen-bond donors (Lipinski definition) is 0. The van der Waals surface area contributed by atoms with Crippen LogP contribution in [0.3, 0.4) is 0 Å². The second-order valence-corrected chi connectivity index (χ2v) is 3.72. The third-order valence-corrected chi connectivity index (χ3v) is 2.70. The SMILES string of the molecule is [Y].[c-]1ccccc1-c1cccc2ccc[c-]c12. The van der Waals surface area contributed by atoms with Crippen molar-refractivity contribution in [2.45, 2.75) is 0 Å². The molecule has 0 bridgehead atoms. The van der Waals surface area contributed by atoms with E-state index in [0.29, 0.717) is 0 Å². The fraction of sp³-hybridized carbons (Fsp3) is 0. The molecule has 0 aliphatic rings. The molecular weight excluding hydrogens is 281 g/mol. The standard InChI is InChI=1S/C16H10.Y/c1-2-7-13(8-3-1)16-12-6-10-14-9-4-5-11-15(14)16;/h1-7,9-10,12H;/q-2;. The predicted molar refractivity (Wildman–Crippen MR) is 67.1 cm³/mol. The second-order valence-electron chi connectivity index (χ2n) is 3.72. The summed E-state index contributed by atoms with van der Waals surface area (Å²) >= 11 is 0. The first kappa shape index (κ1) is 12.5. The van der Waals surface area contributed by atoms with Crippen LogP contribution in [0.4, 0.5) is 0 Å². The van der Waals surface area contributed by atoms with E-state index in [9.17, 15) is 0 Å². The van der Waals surface area contributed by atoms with Gasteiger partial charge in [-0.2, -0.15) is 0 Å². The van der Waals surface area contributed by atoms with Crippen molar-refractivity contribution in [3.05, 3.63) is 72.8 Å². The van der Waals surface area contributed by atoms with Gasteiger partial charge in [0.1, 0.15) is 0 Å². The van der Waals surface area contributed by atoms with Crippen LogP contribution in [-0.2, 0) is 32.7 Å². The molecule has 0 aromatic heterocycles. The Hall–Kier alpha value is -0.976. The maximum atomic E-state index is 3.30. The minimum Gasteiger partial charge on any atom is -0.147 e. The molecule has 3 rings (SSSR count). The molecule has 79 valence electrons. The fourth-order valence-electron chi connectivity index (χ4n) is 1.94. The molecule has 0 aliphatic carbocycles. The van der Waals surface area contributed by atoms with Gasteiger partial charge in [0.25, 0.3) is 0 Å². The van der Waals surface area contributed by atoms with Gasteiger partial charge in [-0.3, -0.25) is 0 Å². The van der Waals surface area contributed by atoms with E-state index >= 15 is 0 Å².